The van der Waals surface area contributed by atoms with Crippen LogP contribution in [0.3, 0.4) is 0 Å². The van der Waals surface area contributed by atoms with E-state index in [1.54, 1.807) is 18.2 Å². The van der Waals surface area contributed by atoms with E-state index in [0.717, 1.165) is 23.4 Å². The molecule has 1 fully saturated rings. The molecule has 2 aliphatic heterocycles. The van der Waals surface area contributed by atoms with Gasteiger partial charge in [0, 0.05) is 12.6 Å². The second-order valence-electron chi connectivity index (χ2n) is 6.39. The summed E-state index contributed by atoms with van der Waals surface area (Å²) in [7, 11) is 0. The van der Waals surface area contributed by atoms with E-state index in [1.807, 2.05) is 6.92 Å². The number of hydrogen-bond acceptors (Lipinski definition) is 4. The summed E-state index contributed by atoms with van der Waals surface area (Å²) in [5, 5.41) is 6.17. The molecule has 2 N–H and O–H groups in total. The van der Waals surface area contributed by atoms with Crippen molar-refractivity contribution in [3.05, 3.63) is 34.9 Å². The van der Waals surface area contributed by atoms with Gasteiger partial charge in [-0.1, -0.05) is 18.6 Å². The molecular formula is C17H21N3O3. The fourth-order valence-corrected chi connectivity index (χ4v) is 3.13. The summed E-state index contributed by atoms with van der Waals surface area (Å²) < 4.78 is 0. The summed E-state index contributed by atoms with van der Waals surface area (Å²) in [5.41, 5.74) is 1.68. The van der Waals surface area contributed by atoms with Crippen molar-refractivity contribution in [1.82, 2.24) is 15.5 Å². The van der Waals surface area contributed by atoms with Crippen LogP contribution in [0.2, 0.25) is 0 Å². The van der Waals surface area contributed by atoms with Crippen molar-refractivity contribution in [3.8, 4) is 0 Å². The van der Waals surface area contributed by atoms with Crippen molar-refractivity contribution < 1.29 is 14.4 Å². The molecule has 3 rings (SSSR count). The summed E-state index contributed by atoms with van der Waals surface area (Å²) >= 11 is 0. The molecule has 3 amide bonds. The van der Waals surface area contributed by atoms with Gasteiger partial charge in [-0.05, 0) is 37.9 Å². The smallest absolute Gasteiger partial charge is 0.262 e. The van der Waals surface area contributed by atoms with E-state index in [2.05, 4.69) is 17.6 Å². The summed E-state index contributed by atoms with van der Waals surface area (Å²) in [4.78, 5) is 38.0. The fourth-order valence-electron chi connectivity index (χ4n) is 3.13. The Balaban J connectivity index is 1.68. The Hall–Kier alpha value is -2.21. The van der Waals surface area contributed by atoms with Gasteiger partial charge < -0.3 is 10.6 Å². The summed E-state index contributed by atoms with van der Waals surface area (Å²) in [6.45, 7) is 5.40. The molecule has 0 spiro atoms. The molecule has 0 aliphatic carbocycles. The molecule has 23 heavy (non-hydrogen) atoms. The molecule has 0 saturated carbocycles. The molecule has 0 bridgehead atoms. The molecule has 1 saturated heterocycles. The molecule has 0 aromatic heterocycles. The van der Waals surface area contributed by atoms with Gasteiger partial charge >= 0.3 is 0 Å². The van der Waals surface area contributed by atoms with E-state index in [-0.39, 0.29) is 18.5 Å². The average Bonchev–Trinajstić information content (AvgIpc) is 2.74. The van der Waals surface area contributed by atoms with Crippen molar-refractivity contribution in [2.45, 2.75) is 26.3 Å². The van der Waals surface area contributed by atoms with E-state index in [0.29, 0.717) is 23.6 Å². The first-order valence-corrected chi connectivity index (χ1v) is 7.94. The van der Waals surface area contributed by atoms with Crippen LogP contribution in [0.1, 0.15) is 39.6 Å². The van der Waals surface area contributed by atoms with Crippen molar-refractivity contribution in [3.63, 3.8) is 0 Å². The van der Waals surface area contributed by atoms with Gasteiger partial charge in [-0.2, -0.15) is 0 Å². The van der Waals surface area contributed by atoms with Gasteiger partial charge in [0.25, 0.3) is 11.8 Å². The maximum Gasteiger partial charge on any atom is 0.262 e. The standard InChI is InChI=1S/C17H21N3O3/c1-10-3-4-12-13(7-10)17(23)20(16(12)22)9-15(21)19-14-8-18-6-5-11(14)2/h3-4,7,11,14,18H,5-6,8-9H2,1-2H3,(H,19,21). The number of amides is 3. The number of imide groups is 1. The predicted octanol–water partition coefficient (Wildman–Crippen LogP) is 0.705. The first-order valence-electron chi connectivity index (χ1n) is 7.94. The fraction of sp³-hybridized carbons (Fsp3) is 0.471. The Morgan fingerprint density at radius 3 is 2.78 bits per heavy atom. The van der Waals surface area contributed by atoms with Crippen LogP contribution < -0.4 is 10.6 Å². The molecule has 0 radical (unpaired) electrons. The molecular weight excluding hydrogens is 294 g/mol. The molecule has 6 heteroatoms. The molecule has 1 aromatic rings. The lowest BCUT2D eigenvalue weighted by Gasteiger charge is -2.30. The molecule has 6 nitrogen and oxygen atoms in total. The number of hydrogen-bond donors (Lipinski definition) is 2. The van der Waals surface area contributed by atoms with Crippen LogP contribution in [0.5, 0.6) is 0 Å². The Kier molecular flexibility index (Phi) is 4.17. The molecule has 1 aromatic carbocycles. The Morgan fingerprint density at radius 2 is 2.04 bits per heavy atom. The number of aryl methyl sites for hydroxylation is 1. The maximum absolute atomic E-state index is 12.4. The van der Waals surface area contributed by atoms with Crippen molar-refractivity contribution in [1.29, 1.82) is 0 Å². The van der Waals surface area contributed by atoms with Crippen LogP contribution in [-0.2, 0) is 4.79 Å². The van der Waals surface area contributed by atoms with Crippen molar-refractivity contribution in [2.24, 2.45) is 5.92 Å². The Bertz CT molecular complexity index is 671. The van der Waals surface area contributed by atoms with Gasteiger partial charge in [0.15, 0.2) is 0 Å². The number of fused-ring (bicyclic) bond motifs is 1. The lowest BCUT2D eigenvalue weighted by atomic mass is 9.95. The van der Waals surface area contributed by atoms with Crippen LogP contribution >= 0.6 is 0 Å². The van der Waals surface area contributed by atoms with Crippen LogP contribution in [0.25, 0.3) is 0 Å². The molecule has 2 unspecified atom stereocenters. The second-order valence-corrected chi connectivity index (χ2v) is 6.39. The first kappa shape index (κ1) is 15.7. The molecule has 122 valence electrons. The average molecular weight is 315 g/mol. The minimum Gasteiger partial charge on any atom is -0.350 e. The van der Waals surface area contributed by atoms with E-state index >= 15 is 0 Å². The predicted molar refractivity (Wildman–Crippen MR) is 85.1 cm³/mol. The Labute approximate surface area is 135 Å². The van der Waals surface area contributed by atoms with Gasteiger partial charge in [-0.25, -0.2) is 0 Å². The van der Waals surface area contributed by atoms with E-state index in [4.69, 9.17) is 0 Å². The van der Waals surface area contributed by atoms with Gasteiger partial charge in [0.2, 0.25) is 5.91 Å². The molecule has 2 heterocycles. The Morgan fingerprint density at radius 1 is 1.30 bits per heavy atom. The van der Waals surface area contributed by atoms with Crippen molar-refractivity contribution >= 4 is 17.7 Å². The van der Waals surface area contributed by atoms with E-state index in [9.17, 15) is 14.4 Å². The molecule has 2 aliphatic rings. The number of carbonyl (C=O) groups is 3. The third kappa shape index (κ3) is 2.99. The van der Waals surface area contributed by atoms with Gasteiger partial charge in [0.05, 0.1) is 11.1 Å². The largest absolute Gasteiger partial charge is 0.350 e. The lowest BCUT2D eigenvalue weighted by Crippen LogP contribution is -2.52. The zero-order valence-electron chi connectivity index (χ0n) is 13.4. The third-order valence-electron chi connectivity index (χ3n) is 4.60. The summed E-state index contributed by atoms with van der Waals surface area (Å²) in [5.74, 6) is -0.699. The normalized spacial score (nSPS) is 23.8. The topological polar surface area (TPSA) is 78.5 Å². The van der Waals surface area contributed by atoms with E-state index in [1.165, 1.54) is 0 Å². The van der Waals surface area contributed by atoms with Crippen LogP contribution in [-0.4, -0.2) is 48.3 Å². The number of rotatable bonds is 3. The second kappa shape index (κ2) is 6.12. The van der Waals surface area contributed by atoms with Crippen LogP contribution in [0, 0.1) is 12.8 Å². The van der Waals surface area contributed by atoms with E-state index < -0.39 is 11.8 Å². The number of piperidine rings is 1. The highest BCUT2D eigenvalue weighted by molar-refractivity contribution is 6.22. The molecule has 2 atom stereocenters. The zero-order chi connectivity index (χ0) is 16.6. The van der Waals surface area contributed by atoms with Gasteiger partial charge in [-0.3, -0.25) is 19.3 Å². The minimum atomic E-state index is -0.394. The minimum absolute atomic E-state index is 0.0358. The monoisotopic (exact) mass is 315 g/mol. The summed E-state index contributed by atoms with van der Waals surface area (Å²) in [6.07, 6.45) is 0.997. The van der Waals surface area contributed by atoms with Crippen molar-refractivity contribution in [2.75, 3.05) is 19.6 Å². The highest BCUT2D eigenvalue weighted by Gasteiger charge is 2.37. The lowest BCUT2D eigenvalue weighted by molar-refractivity contribution is -0.122. The summed E-state index contributed by atoms with van der Waals surface area (Å²) in [6, 6.07) is 5.17. The SMILES string of the molecule is Cc1ccc2c(c1)C(=O)N(CC(=O)NC1CNCCC1C)C2=O. The highest BCUT2D eigenvalue weighted by Crippen LogP contribution is 2.23. The third-order valence-corrected chi connectivity index (χ3v) is 4.60. The number of nitrogens with one attached hydrogen (secondary N) is 2. The zero-order valence-corrected chi connectivity index (χ0v) is 13.4. The number of carbonyl (C=O) groups excluding carboxylic acids is 3. The quantitative estimate of drug-likeness (QED) is 0.805. The van der Waals surface area contributed by atoms with Gasteiger partial charge in [-0.15, -0.1) is 0 Å². The number of nitrogens with zero attached hydrogens (tertiary/aromatic N) is 1. The van der Waals surface area contributed by atoms with Gasteiger partial charge in [0.1, 0.15) is 6.54 Å². The van der Waals surface area contributed by atoms with Crippen LogP contribution in [0.15, 0.2) is 18.2 Å². The maximum atomic E-state index is 12.4. The number of benzene rings is 1. The van der Waals surface area contributed by atoms with Crippen LogP contribution in [0.4, 0.5) is 0 Å². The first-order chi connectivity index (χ1) is 11.0. The highest BCUT2D eigenvalue weighted by atomic mass is 16.2.